The van der Waals surface area contributed by atoms with Crippen molar-refractivity contribution in [1.82, 2.24) is 10.3 Å². The number of benzene rings is 1. The molecule has 1 saturated carbocycles. The van der Waals surface area contributed by atoms with E-state index < -0.39 is 0 Å². The van der Waals surface area contributed by atoms with Crippen molar-refractivity contribution < 1.29 is 0 Å². The number of aromatic amines is 1. The van der Waals surface area contributed by atoms with E-state index >= 15 is 0 Å². The molecule has 3 heteroatoms. The van der Waals surface area contributed by atoms with E-state index in [0.717, 1.165) is 17.1 Å². The highest BCUT2D eigenvalue weighted by molar-refractivity contribution is 9.10. The Morgan fingerprint density at radius 1 is 1.40 bits per heavy atom. The topological polar surface area (TPSA) is 27.8 Å². The van der Waals surface area contributed by atoms with Gasteiger partial charge in [-0.1, -0.05) is 15.9 Å². The van der Waals surface area contributed by atoms with Crippen LogP contribution in [0.3, 0.4) is 0 Å². The molecule has 0 unspecified atom stereocenters. The predicted octanol–water partition coefficient (Wildman–Crippen LogP) is 3.18. The first kappa shape index (κ1) is 9.43. The number of halogens is 1. The maximum atomic E-state index is 3.54. The number of aromatic nitrogens is 1. The minimum Gasteiger partial charge on any atom is -0.361 e. The summed E-state index contributed by atoms with van der Waals surface area (Å²) in [7, 11) is 0. The molecule has 1 aliphatic rings. The third-order valence-corrected chi connectivity index (χ3v) is 3.38. The number of H-pyrrole nitrogens is 1. The summed E-state index contributed by atoms with van der Waals surface area (Å²) in [5, 5.41) is 4.85. The van der Waals surface area contributed by atoms with Crippen molar-refractivity contribution >= 4 is 26.8 Å². The molecule has 15 heavy (non-hydrogen) atoms. The Labute approximate surface area is 97.2 Å². The van der Waals surface area contributed by atoms with Crippen molar-refractivity contribution in [1.29, 1.82) is 0 Å². The van der Waals surface area contributed by atoms with Gasteiger partial charge in [0.05, 0.1) is 0 Å². The average Bonchev–Trinajstić information content (AvgIpc) is 2.97. The van der Waals surface area contributed by atoms with E-state index in [-0.39, 0.29) is 0 Å². The molecule has 0 spiro atoms. The highest BCUT2D eigenvalue weighted by Crippen LogP contribution is 2.24. The summed E-state index contributed by atoms with van der Waals surface area (Å²) in [6.45, 7) is 0.973. The van der Waals surface area contributed by atoms with Crippen molar-refractivity contribution in [3.8, 4) is 0 Å². The summed E-state index contributed by atoms with van der Waals surface area (Å²) in [6, 6.07) is 7.12. The third-order valence-electron chi connectivity index (χ3n) is 2.89. The highest BCUT2D eigenvalue weighted by Gasteiger charge is 2.20. The molecule has 2 N–H and O–H groups in total. The smallest absolute Gasteiger partial charge is 0.0458 e. The van der Waals surface area contributed by atoms with Gasteiger partial charge in [0.1, 0.15) is 0 Å². The van der Waals surface area contributed by atoms with Gasteiger partial charge in [-0.15, -0.1) is 0 Å². The van der Waals surface area contributed by atoms with E-state index in [2.05, 4.69) is 50.6 Å². The molecule has 0 saturated heterocycles. The number of nitrogens with one attached hydrogen (secondary N) is 2. The standard InChI is InChI=1S/C12H13BrN2/c13-9-1-4-12-11(5-9)8(7-15-12)6-14-10-2-3-10/h1,4-5,7,10,14-15H,2-3,6H2. The van der Waals surface area contributed by atoms with Crippen LogP contribution in [0.4, 0.5) is 0 Å². The monoisotopic (exact) mass is 264 g/mol. The predicted molar refractivity (Wildman–Crippen MR) is 65.9 cm³/mol. The second-order valence-electron chi connectivity index (χ2n) is 4.16. The normalized spacial score (nSPS) is 16.1. The summed E-state index contributed by atoms with van der Waals surface area (Å²) in [4.78, 5) is 3.30. The molecular weight excluding hydrogens is 252 g/mol. The van der Waals surface area contributed by atoms with Gasteiger partial charge in [0.15, 0.2) is 0 Å². The average molecular weight is 265 g/mol. The largest absolute Gasteiger partial charge is 0.361 e. The Balaban J connectivity index is 1.91. The van der Waals surface area contributed by atoms with Gasteiger partial charge >= 0.3 is 0 Å². The quantitative estimate of drug-likeness (QED) is 0.876. The van der Waals surface area contributed by atoms with Crippen molar-refractivity contribution in [3.63, 3.8) is 0 Å². The molecule has 0 aliphatic heterocycles. The minimum absolute atomic E-state index is 0.766. The Bertz CT molecular complexity index is 485. The number of fused-ring (bicyclic) bond motifs is 1. The lowest BCUT2D eigenvalue weighted by Crippen LogP contribution is -2.14. The summed E-state index contributed by atoms with van der Waals surface area (Å²) < 4.78 is 1.14. The molecule has 1 fully saturated rings. The first-order valence-electron chi connectivity index (χ1n) is 5.32. The Morgan fingerprint density at radius 2 is 2.27 bits per heavy atom. The molecule has 0 bridgehead atoms. The second-order valence-corrected chi connectivity index (χ2v) is 5.07. The van der Waals surface area contributed by atoms with E-state index in [1.165, 1.54) is 29.3 Å². The molecule has 3 rings (SSSR count). The summed E-state index contributed by atoms with van der Waals surface area (Å²) >= 11 is 3.51. The van der Waals surface area contributed by atoms with Gasteiger partial charge in [-0.25, -0.2) is 0 Å². The molecule has 0 radical (unpaired) electrons. The lowest BCUT2D eigenvalue weighted by molar-refractivity contribution is 0.691. The summed E-state index contributed by atoms with van der Waals surface area (Å²) in [6.07, 6.45) is 4.78. The van der Waals surface area contributed by atoms with Crippen LogP contribution in [0.25, 0.3) is 10.9 Å². The molecule has 1 aromatic carbocycles. The third kappa shape index (κ3) is 1.94. The van der Waals surface area contributed by atoms with E-state index in [0.29, 0.717) is 0 Å². The molecule has 0 amide bonds. The van der Waals surface area contributed by atoms with Crippen LogP contribution in [-0.4, -0.2) is 11.0 Å². The Morgan fingerprint density at radius 3 is 3.07 bits per heavy atom. The molecule has 78 valence electrons. The molecular formula is C12H13BrN2. The van der Waals surface area contributed by atoms with Gasteiger partial charge < -0.3 is 10.3 Å². The van der Waals surface area contributed by atoms with Crippen LogP contribution in [-0.2, 0) is 6.54 Å². The SMILES string of the molecule is Brc1ccc2[nH]cc(CNC3CC3)c2c1. The molecule has 1 heterocycles. The van der Waals surface area contributed by atoms with E-state index in [9.17, 15) is 0 Å². The van der Waals surface area contributed by atoms with Gasteiger partial charge in [-0.2, -0.15) is 0 Å². The Kier molecular flexibility index (Phi) is 2.29. The fourth-order valence-electron chi connectivity index (χ4n) is 1.84. The van der Waals surface area contributed by atoms with Crippen LogP contribution in [0, 0.1) is 0 Å². The zero-order valence-corrected chi connectivity index (χ0v) is 9.97. The molecule has 0 atom stereocenters. The van der Waals surface area contributed by atoms with Crippen LogP contribution >= 0.6 is 15.9 Å². The van der Waals surface area contributed by atoms with Crippen molar-refractivity contribution in [2.24, 2.45) is 0 Å². The van der Waals surface area contributed by atoms with Gasteiger partial charge in [-0.05, 0) is 36.6 Å². The first-order chi connectivity index (χ1) is 7.33. The summed E-state index contributed by atoms with van der Waals surface area (Å²) in [5.41, 5.74) is 2.57. The number of hydrogen-bond acceptors (Lipinski definition) is 1. The van der Waals surface area contributed by atoms with Crippen LogP contribution in [0.2, 0.25) is 0 Å². The van der Waals surface area contributed by atoms with E-state index in [1.807, 2.05) is 0 Å². The van der Waals surface area contributed by atoms with Gasteiger partial charge in [0.2, 0.25) is 0 Å². The molecule has 1 aromatic heterocycles. The number of rotatable bonds is 3. The zero-order chi connectivity index (χ0) is 10.3. The molecule has 2 nitrogen and oxygen atoms in total. The van der Waals surface area contributed by atoms with Gasteiger partial charge in [0.25, 0.3) is 0 Å². The molecule has 1 aliphatic carbocycles. The summed E-state index contributed by atoms with van der Waals surface area (Å²) in [5.74, 6) is 0. The Hall–Kier alpha value is -0.800. The van der Waals surface area contributed by atoms with E-state index in [1.54, 1.807) is 0 Å². The maximum Gasteiger partial charge on any atom is 0.0458 e. The van der Waals surface area contributed by atoms with Gasteiger partial charge in [0, 0.05) is 34.2 Å². The van der Waals surface area contributed by atoms with Crippen LogP contribution in [0.5, 0.6) is 0 Å². The number of hydrogen-bond donors (Lipinski definition) is 2. The highest BCUT2D eigenvalue weighted by atomic mass is 79.9. The van der Waals surface area contributed by atoms with Crippen molar-refractivity contribution in [2.45, 2.75) is 25.4 Å². The van der Waals surface area contributed by atoms with E-state index in [4.69, 9.17) is 0 Å². The zero-order valence-electron chi connectivity index (χ0n) is 8.39. The van der Waals surface area contributed by atoms with Crippen LogP contribution in [0.15, 0.2) is 28.9 Å². The van der Waals surface area contributed by atoms with Crippen molar-refractivity contribution in [3.05, 3.63) is 34.4 Å². The fraction of sp³-hybridized carbons (Fsp3) is 0.333. The van der Waals surface area contributed by atoms with Crippen LogP contribution < -0.4 is 5.32 Å². The fourth-order valence-corrected chi connectivity index (χ4v) is 2.20. The minimum atomic E-state index is 0.766. The van der Waals surface area contributed by atoms with Crippen LogP contribution in [0.1, 0.15) is 18.4 Å². The molecule has 2 aromatic rings. The second kappa shape index (κ2) is 3.65. The maximum absolute atomic E-state index is 3.54. The lowest BCUT2D eigenvalue weighted by atomic mass is 10.2. The van der Waals surface area contributed by atoms with Crippen molar-refractivity contribution in [2.75, 3.05) is 0 Å². The van der Waals surface area contributed by atoms with Gasteiger partial charge in [-0.3, -0.25) is 0 Å². The first-order valence-corrected chi connectivity index (χ1v) is 6.11. The lowest BCUT2D eigenvalue weighted by Gasteiger charge is -2.01.